The van der Waals surface area contributed by atoms with Crippen LogP contribution in [0.2, 0.25) is 0 Å². The first-order valence-corrected chi connectivity index (χ1v) is 6.26. The van der Waals surface area contributed by atoms with Crippen LogP contribution in [0.25, 0.3) is 11.1 Å². The van der Waals surface area contributed by atoms with E-state index in [4.69, 9.17) is 10.2 Å². The number of nitrogens with two attached hydrogens (primary N) is 1. The number of rotatable bonds is 4. The van der Waals surface area contributed by atoms with Gasteiger partial charge in [-0.25, -0.2) is 0 Å². The molecule has 0 aliphatic rings. The molecule has 0 radical (unpaired) electrons. The summed E-state index contributed by atoms with van der Waals surface area (Å²) >= 11 is 0. The smallest absolute Gasteiger partial charge is 0.295 e. The number of fused-ring (bicyclic) bond motifs is 1. The van der Waals surface area contributed by atoms with Crippen LogP contribution in [-0.2, 0) is 6.42 Å². The standard InChI is InChI=1S/C15H15N3O/c16-12-7-4-8-13-14(12)18-15(19-13)17-10-9-11-5-2-1-3-6-11/h1-8H,9-10,16H2,(H,17,18). The number of hydrogen-bond acceptors (Lipinski definition) is 4. The molecular formula is C15H15N3O. The number of para-hydroxylation sites is 1. The van der Waals surface area contributed by atoms with Crippen molar-refractivity contribution < 1.29 is 4.42 Å². The Morgan fingerprint density at radius 2 is 1.89 bits per heavy atom. The summed E-state index contributed by atoms with van der Waals surface area (Å²) < 4.78 is 5.58. The summed E-state index contributed by atoms with van der Waals surface area (Å²) in [6.45, 7) is 0.775. The number of nitrogens with zero attached hydrogens (tertiary/aromatic N) is 1. The molecule has 0 aliphatic heterocycles. The lowest BCUT2D eigenvalue weighted by molar-refractivity contribution is 0.614. The minimum absolute atomic E-state index is 0.517. The highest BCUT2D eigenvalue weighted by Gasteiger charge is 2.07. The van der Waals surface area contributed by atoms with E-state index in [1.165, 1.54) is 5.56 Å². The lowest BCUT2D eigenvalue weighted by Crippen LogP contribution is -2.04. The Bertz CT molecular complexity index is 676. The highest BCUT2D eigenvalue weighted by molar-refractivity contribution is 5.86. The van der Waals surface area contributed by atoms with Crippen molar-refractivity contribution in [2.24, 2.45) is 0 Å². The van der Waals surface area contributed by atoms with Gasteiger partial charge in [-0.3, -0.25) is 0 Å². The maximum absolute atomic E-state index is 5.84. The Morgan fingerprint density at radius 3 is 2.68 bits per heavy atom. The van der Waals surface area contributed by atoms with Gasteiger partial charge in [0.05, 0.1) is 5.69 Å². The monoisotopic (exact) mass is 253 g/mol. The van der Waals surface area contributed by atoms with Crippen LogP contribution in [0.4, 0.5) is 11.7 Å². The molecule has 3 aromatic rings. The van der Waals surface area contributed by atoms with Gasteiger partial charge in [0, 0.05) is 6.54 Å². The van der Waals surface area contributed by atoms with Crippen molar-refractivity contribution in [2.45, 2.75) is 6.42 Å². The van der Waals surface area contributed by atoms with Crippen molar-refractivity contribution in [1.29, 1.82) is 0 Å². The maximum atomic E-state index is 5.84. The van der Waals surface area contributed by atoms with Crippen molar-refractivity contribution >= 4 is 22.8 Å². The number of aromatic nitrogens is 1. The van der Waals surface area contributed by atoms with Crippen molar-refractivity contribution in [3.63, 3.8) is 0 Å². The van der Waals surface area contributed by atoms with Crippen molar-refractivity contribution in [3.05, 3.63) is 54.1 Å². The van der Waals surface area contributed by atoms with E-state index in [0.717, 1.165) is 13.0 Å². The molecule has 0 saturated carbocycles. The summed E-state index contributed by atoms with van der Waals surface area (Å²) in [7, 11) is 0. The second-order valence-corrected chi connectivity index (χ2v) is 4.38. The normalized spacial score (nSPS) is 10.7. The molecule has 4 nitrogen and oxygen atoms in total. The first-order valence-electron chi connectivity index (χ1n) is 6.26. The third-order valence-corrected chi connectivity index (χ3v) is 2.98. The van der Waals surface area contributed by atoms with Crippen LogP contribution in [-0.4, -0.2) is 11.5 Å². The molecule has 0 aliphatic carbocycles. The van der Waals surface area contributed by atoms with Gasteiger partial charge < -0.3 is 15.5 Å². The maximum Gasteiger partial charge on any atom is 0.295 e. The van der Waals surface area contributed by atoms with Crippen LogP contribution in [0, 0.1) is 0 Å². The summed E-state index contributed by atoms with van der Waals surface area (Å²) in [5.74, 6) is 0. The predicted octanol–water partition coefficient (Wildman–Crippen LogP) is 3.06. The molecule has 0 fully saturated rings. The van der Waals surface area contributed by atoms with Gasteiger partial charge >= 0.3 is 0 Å². The lowest BCUT2D eigenvalue weighted by atomic mass is 10.1. The van der Waals surface area contributed by atoms with Gasteiger partial charge in [0.25, 0.3) is 6.01 Å². The van der Waals surface area contributed by atoms with E-state index in [9.17, 15) is 0 Å². The van der Waals surface area contributed by atoms with Gasteiger partial charge in [0.2, 0.25) is 0 Å². The van der Waals surface area contributed by atoms with Gasteiger partial charge in [-0.05, 0) is 24.1 Å². The van der Waals surface area contributed by atoms with E-state index < -0.39 is 0 Å². The second-order valence-electron chi connectivity index (χ2n) is 4.38. The average molecular weight is 253 g/mol. The number of benzene rings is 2. The summed E-state index contributed by atoms with van der Waals surface area (Å²) in [5.41, 5.74) is 9.18. The number of oxazole rings is 1. The molecule has 0 bridgehead atoms. The molecule has 0 unspecified atom stereocenters. The molecule has 1 aromatic heterocycles. The minimum atomic E-state index is 0.517. The van der Waals surface area contributed by atoms with Crippen LogP contribution in [0.3, 0.4) is 0 Å². The third-order valence-electron chi connectivity index (χ3n) is 2.98. The largest absolute Gasteiger partial charge is 0.423 e. The second kappa shape index (κ2) is 5.02. The Morgan fingerprint density at radius 1 is 1.05 bits per heavy atom. The molecule has 0 amide bonds. The zero-order chi connectivity index (χ0) is 13.1. The van der Waals surface area contributed by atoms with E-state index in [1.807, 2.05) is 36.4 Å². The fourth-order valence-corrected chi connectivity index (χ4v) is 2.00. The van der Waals surface area contributed by atoms with Gasteiger partial charge in [-0.2, -0.15) is 4.98 Å². The van der Waals surface area contributed by atoms with Crippen molar-refractivity contribution in [1.82, 2.24) is 4.98 Å². The SMILES string of the molecule is Nc1cccc2oc(NCCc3ccccc3)nc12. The average Bonchev–Trinajstić information content (AvgIpc) is 2.84. The summed E-state index contributed by atoms with van der Waals surface area (Å²) in [6.07, 6.45) is 0.926. The third kappa shape index (κ3) is 2.52. The summed E-state index contributed by atoms with van der Waals surface area (Å²) in [6, 6.07) is 16.3. The Balaban J connectivity index is 1.67. The zero-order valence-electron chi connectivity index (χ0n) is 10.5. The highest BCUT2D eigenvalue weighted by atomic mass is 16.4. The molecule has 4 heteroatoms. The first kappa shape index (κ1) is 11.6. The molecule has 0 spiro atoms. The van der Waals surface area contributed by atoms with Gasteiger partial charge in [-0.1, -0.05) is 36.4 Å². The summed E-state index contributed by atoms with van der Waals surface area (Å²) in [5, 5.41) is 3.18. The molecule has 0 atom stereocenters. The molecule has 19 heavy (non-hydrogen) atoms. The Kier molecular flexibility index (Phi) is 3.06. The van der Waals surface area contributed by atoms with Crippen molar-refractivity contribution in [3.8, 4) is 0 Å². The van der Waals surface area contributed by atoms with Crippen molar-refractivity contribution in [2.75, 3.05) is 17.6 Å². The number of nitrogen functional groups attached to an aromatic ring is 1. The van der Waals surface area contributed by atoms with Crippen LogP contribution in [0.1, 0.15) is 5.56 Å². The summed E-state index contributed by atoms with van der Waals surface area (Å²) in [4.78, 5) is 4.34. The topological polar surface area (TPSA) is 64.1 Å². The van der Waals surface area contributed by atoms with E-state index in [2.05, 4.69) is 22.4 Å². The van der Waals surface area contributed by atoms with Gasteiger partial charge in [0.1, 0.15) is 5.52 Å². The number of hydrogen-bond donors (Lipinski definition) is 2. The molecule has 3 rings (SSSR count). The van der Waals surface area contributed by atoms with Gasteiger partial charge in [-0.15, -0.1) is 0 Å². The quantitative estimate of drug-likeness (QED) is 0.701. The minimum Gasteiger partial charge on any atom is -0.423 e. The number of anilines is 2. The molecule has 2 aromatic carbocycles. The fraction of sp³-hybridized carbons (Fsp3) is 0.133. The molecule has 1 heterocycles. The first-order chi connectivity index (χ1) is 9.33. The van der Waals surface area contributed by atoms with Crippen LogP contribution in [0.15, 0.2) is 52.9 Å². The zero-order valence-corrected chi connectivity index (χ0v) is 10.5. The lowest BCUT2D eigenvalue weighted by Gasteiger charge is -2.01. The van der Waals surface area contributed by atoms with Crippen LogP contribution in [0.5, 0.6) is 0 Å². The van der Waals surface area contributed by atoms with E-state index in [0.29, 0.717) is 22.8 Å². The molecule has 3 N–H and O–H groups in total. The molecule has 0 saturated heterocycles. The highest BCUT2D eigenvalue weighted by Crippen LogP contribution is 2.23. The Hall–Kier alpha value is -2.49. The van der Waals surface area contributed by atoms with Gasteiger partial charge in [0.15, 0.2) is 5.58 Å². The predicted molar refractivity (Wildman–Crippen MR) is 77.1 cm³/mol. The van der Waals surface area contributed by atoms with E-state index in [1.54, 1.807) is 0 Å². The van der Waals surface area contributed by atoms with E-state index >= 15 is 0 Å². The number of nitrogens with one attached hydrogen (secondary N) is 1. The molecule has 96 valence electrons. The van der Waals surface area contributed by atoms with Crippen LogP contribution < -0.4 is 11.1 Å². The fourth-order valence-electron chi connectivity index (χ4n) is 2.00. The molecular weight excluding hydrogens is 238 g/mol. The Labute approximate surface area is 111 Å². The van der Waals surface area contributed by atoms with E-state index in [-0.39, 0.29) is 0 Å². The van der Waals surface area contributed by atoms with Crippen LogP contribution >= 0.6 is 0 Å².